The van der Waals surface area contributed by atoms with Crippen molar-refractivity contribution >= 4 is 44.2 Å². The monoisotopic (exact) mass is 406 g/mol. The molecule has 2 aromatic heterocycles. The fourth-order valence-corrected chi connectivity index (χ4v) is 3.59. The number of carbonyl (C=O) groups is 1. The van der Waals surface area contributed by atoms with Crippen LogP contribution in [0.4, 0.5) is 18.9 Å². The van der Waals surface area contributed by atoms with Crippen molar-refractivity contribution in [2.24, 2.45) is 0 Å². The number of alkyl halides is 3. The Bertz CT molecular complexity index is 1150. The van der Waals surface area contributed by atoms with Gasteiger partial charge in [-0.15, -0.1) is 11.3 Å². The van der Waals surface area contributed by atoms with E-state index in [2.05, 4.69) is 15.3 Å². The normalized spacial score (nSPS) is 12.0. The Morgan fingerprint density at radius 1 is 1.18 bits per heavy atom. The number of para-hydroxylation sites is 2. The zero-order valence-corrected chi connectivity index (χ0v) is 15.0. The van der Waals surface area contributed by atoms with Crippen LogP contribution in [-0.2, 0) is 12.6 Å². The van der Waals surface area contributed by atoms with Crippen molar-refractivity contribution in [1.82, 2.24) is 15.3 Å². The quantitative estimate of drug-likeness (QED) is 0.500. The molecule has 0 fully saturated rings. The predicted octanol–water partition coefficient (Wildman–Crippen LogP) is 4.01. The Balaban J connectivity index is 1.47. The molecule has 144 valence electrons. The second kappa shape index (κ2) is 6.79. The third kappa shape index (κ3) is 3.50. The average molecular weight is 406 g/mol. The zero-order chi connectivity index (χ0) is 19.9. The lowest BCUT2D eigenvalue weighted by Crippen LogP contribution is -2.25. The van der Waals surface area contributed by atoms with Gasteiger partial charge in [0.25, 0.3) is 5.91 Å². The smallest absolute Gasteiger partial charge is 0.416 e. The third-order valence-electron chi connectivity index (χ3n) is 4.00. The largest absolute Gasteiger partial charge is 0.441 e. The van der Waals surface area contributed by atoms with E-state index < -0.39 is 17.6 Å². The summed E-state index contributed by atoms with van der Waals surface area (Å²) in [6.07, 6.45) is -4.17. The molecule has 0 spiro atoms. The number of oxazole rings is 1. The number of halogens is 3. The molecule has 2 heterocycles. The molecule has 0 radical (unpaired) electrons. The zero-order valence-electron chi connectivity index (χ0n) is 14.2. The summed E-state index contributed by atoms with van der Waals surface area (Å²) in [5.74, 6) is -0.0184. The maximum Gasteiger partial charge on any atom is 0.416 e. The number of nitrogens with two attached hydrogens (primary N) is 1. The maximum atomic E-state index is 12.9. The Labute approximate surface area is 160 Å². The van der Waals surface area contributed by atoms with Gasteiger partial charge in [0, 0.05) is 13.0 Å². The van der Waals surface area contributed by atoms with E-state index in [0.717, 1.165) is 29.0 Å². The number of thiazole rings is 1. The highest BCUT2D eigenvalue weighted by Crippen LogP contribution is 2.36. The first kappa shape index (κ1) is 18.2. The van der Waals surface area contributed by atoms with Gasteiger partial charge >= 0.3 is 6.18 Å². The van der Waals surface area contributed by atoms with Crippen LogP contribution in [0.15, 0.2) is 40.8 Å². The van der Waals surface area contributed by atoms with Crippen LogP contribution in [0.25, 0.3) is 21.3 Å². The van der Waals surface area contributed by atoms with E-state index in [1.165, 1.54) is 0 Å². The molecule has 0 aliphatic rings. The minimum atomic E-state index is -4.53. The highest BCUT2D eigenvalue weighted by molar-refractivity contribution is 7.20. The van der Waals surface area contributed by atoms with Crippen LogP contribution in [0.1, 0.15) is 21.3 Å². The van der Waals surface area contributed by atoms with Crippen LogP contribution in [0.2, 0.25) is 0 Å². The van der Waals surface area contributed by atoms with Crippen LogP contribution < -0.4 is 11.1 Å². The lowest BCUT2D eigenvalue weighted by atomic mass is 10.2. The number of nitrogens with one attached hydrogen (secondary N) is 1. The second-order valence-corrected chi connectivity index (χ2v) is 7.01. The number of aromatic nitrogens is 2. The molecule has 4 aromatic rings. The van der Waals surface area contributed by atoms with Gasteiger partial charge in [-0.1, -0.05) is 12.1 Å². The summed E-state index contributed by atoms with van der Waals surface area (Å²) < 4.78 is 44.6. The van der Waals surface area contributed by atoms with Gasteiger partial charge < -0.3 is 15.5 Å². The number of carbonyl (C=O) groups excluding carboxylic acids is 1. The number of hydrogen-bond donors (Lipinski definition) is 2. The fraction of sp³-hybridized carbons (Fsp3) is 0.167. The summed E-state index contributed by atoms with van der Waals surface area (Å²) >= 11 is 0.947. The molecule has 0 aliphatic heterocycles. The van der Waals surface area contributed by atoms with E-state index >= 15 is 0 Å². The summed E-state index contributed by atoms with van der Waals surface area (Å²) in [5, 5.41) is 2.70. The maximum absolute atomic E-state index is 12.9. The number of nitrogen functional groups attached to an aromatic ring is 1. The third-order valence-corrected chi connectivity index (χ3v) is 5.12. The standard InChI is InChI=1S/C18H13F3N4O2S/c19-18(20,21)9-7-10(22)15-12(8-9)25-17(28-15)16(26)23-6-5-14-24-11-3-1-2-4-13(11)27-14/h1-4,7-8H,5-6,22H2,(H,23,26). The molecule has 4 rings (SSSR count). The number of hydrogen-bond acceptors (Lipinski definition) is 6. The van der Waals surface area contributed by atoms with Gasteiger partial charge in [-0.25, -0.2) is 9.97 Å². The van der Waals surface area contributed by atoms with E-state index in [1.807, 2.05) is 18.2 Å². The molecule has 1 amide bonds. The molecule has 6 nitrogen and oxygen atoms in total. The minimum absolute atomic E-state index is 0.0404. The summed E-state index contributed by atoms with van der Waals surface area (Å²) in [7, 11) is 0. The molecular formula is C18H13F3N4O2S. The number of fused-ring (bicyclic) bond motifs is 2. The molecule has 0 saturated heterocycles. The van der Waals surface area contributed by atoms with E-state index in [1.54, 1.807) is 6.07 Å². The van der Waals surface area contributed by atoms with Crippen LogP contribution in [-0.4, -0.2) is 22.4 Å². The summed E-state index contributed by atoms with van der Waals surface area (Å²) in [4.78, 5) is 20.6. The topological polar surface area (TPSA) is 94.0 Å². The van der Waals surface area contributed by atoms with Gasteiger partial charge in [0.05, 0.1) is 21.5 Å². The Kier molecular flexibility index (Phi) is 4.42. The predicted molar refractivity (Wildman–Crippen MR) is 99.1 cm³/mol. The molecular weight excluding hydrogens is 393 g/mol. The summed E-state index contributed by atoms with van der Waals surface area (Å²) in [6, 6.07) is 9.03. The highest BCUT2D eigenvalue weighted by atomic mass is 32.1. The van der Waals surface area contributed by atoms with Gasteiger partial charge in [-0.05, 0) is 24.3 Å². The summed E-state index contributed by atoms with van der Waals surface area (Å²) in [5.41, 5.74) is 6.17. The van der Waals surface area contributed by atoms with E-state index in [4.69, 9.17) is 10.2 Å². The van der Waals surface area contributed by atoms with Gasteiger partial charge in [0.1, 0.15) is 5.52 Å². The van der Waals surface area contributed by atoms with E-state index in [9.17, 15) is 18.0 Å². The van der Waals surface area contributed by atoms with E-state index in [0.29, 0.717) is 22.6 Å². The van der Waals surface area contributed by atoms with Crippen molar-refractivity contribution in [2.75, 3.05) is 12.3 Å². The van der Waals surface area contributed by atoms with Crippen molar-refractivity contribution in [2.45, 2.75) is 12.6 Å². The SMILES string of the molecule is Nc1cc(C(F)(F)F)cc2nc(C(=O)NCCc3nc4ccccc4o3)sc12. The van der Waals surface area contributed by atoms with Gasteiger partial charge in [-0.3, -0.25) is 4.79 Å². The Morgan fingerprint density at radius 2 is 1.96 bits per heavy atom. The first-order chi connectivity index (χ1) is 13.3. The molecule has 0 aliphatic carbocycles. The van der Waals surface area contributed by atoms with Crippen molar-refractivity contribution in [3.63, 3.8) is 0 Å². The Morgan fingerprint density at radius 3 is 2.71 bits per heavy atom. The number of nitrogens with zero attached hydrogens (tertiary/aromatic N) is 2. The molecule has 2 aromatic carbocycles. The number of amides is 1. The van der Waals surface area contributed by atoms with Crippen molar-refractivity contribution in [3.05, 3.63) is 52.9 Å². The fourth-order valence-electron chi connectivity index (χ4n) is 2.70. The van der Waals surface area contributed by atoms with Crippen LogP contribution in [0.3, 0.4) is 0 Å². The molecule has 3 N–H and O–H groups in total. The van der Waals surface area contributed by atoms with Crippen molar-refractivity contribution in [1.29, 1.82) is 0 Å². The lowest BCUT2D eigenvalue weighted by Gasteiger charge is -2.07. The van der Waals surface area contributed by atoms with Crippen molar-refractivity contribution < 1.29 is 22.4 Å². The number of rotatable bonds is 4. The van der Waals surface area contributed by atoms with Gasteiger partial charge in [-0.2, -0.15) is 13.2 Å². The first-order valence-electron chi connectivity index (χ1n) is 8.21. The van der Waals surface area contributed by atoms with Crippen LogP contribution in [0, 0.1) is 0 Å². The minimum Gasteiger partial charge on any atom is -0.441 e. The molecule has 0 unspecified atom stereocenters. The Hall–Kier alpha value is -3.14. The van der Waals surface area contributed by atoms with Crippen LogP contribution in [0.5, 0.6) is 0 Å². The summed E-state index contributed by atoms with van der Waals surface area (Å²) in [6.45, 7) is 0.241. The molecule has 28 heavy (non-hydrogen) atoms. The van der Waals surface area contributed by atoms with Gasteiger partial charge in [0.15, 0.2) is 16.5 Å². The molecule has 0 saturated carbocycles. The lowest BCUT2D eigenvalue weighted by molar-refractivity contribution is -0.137. The number of anilines is 1. The second-order valence-electron chi connectivity index (χ2n) is 6.01. The molecule has 0 bridgehead atoms. The first-order valence-corrected chi connectivity index (χ1v) is 9.03. The van der Waals surface area contributed by atoms with E-state index in [-0.39, 0.29) is 22.8 Å². The average Bonchev–Trinajstić information content (AvgIpc) is 3.24. The molecule has 0 atom stereocenters. The van der Waals surface area contributed by atoms with Crippen LogP contribution >= 0.6 is 11.3 Å². The van der Waals surface area contributed by atoms with Gasteiger partial charge in [0.2, 0.25) is 0 Å². The molecule has 10 heteroatoms. The van der Waals surface area contributed by atoms with Crippen molar-refractivity contribution in [3.8, 4) is 0 Å². The number of benzene rings is 2. The highest BCUT2D eigenvalue weighted by Gasteiger charge is 2.32.